The Morgan fingerprint density at radius 3 is 2.93 bits per heavy atom. The zero-order valence-electron chi connectivity index (χ0n) is 8.34. The van der Waals surface area contributed by atoms with E-state index in [9.17, 15) is 0 Å². The molecular weight excluding hydrogens is 275 g/mol. The van der Waals surface area contributed by atoms with Gasteiger partial charge in [-0.05, 0) is 36.6 Å². The fourth-order valence-corrected chi connectivity index (χ4v) is 2.10. The van der Waals surface area contributed by atoms with Crippen molar-refractivity contribution in [1.82, 2.24) is 5.43 Å². The summed E-state index contributed by atoms with van der Waals surface area (Å²) in [7, 11) is 0. The molecule has 0 saturated carbocycles. The number of hydrazine groups is 1. The first-order valence-electron chi connectivity index (χ1n) is 4.71. The molecule has 0 amide bonds. The van der Waals surface area contributed by atoms with Gasteiger partial charge in [-0.3, -0.25) is 11.3 Å². The lowest BCUT2D eigenvalue weighted by atomic mass is 10.0. The van der Waals surface area contributed by atoms with Crippen LogP contribution < -0.4 is 11.3 Å². The molecule has 0 aliphatic rings. The van der Waals surface area contributed by atoms with Gasteiger partial charge in [-0.15, -0.1) is 6.58 Å². The Kier molecular flexibility index (Phi) is 5.32. The molecule has 4 heteroatoms. The zero-order valence-corrected chi connectivity index (χ0v) is 10.7. The molecule has 0 saturated heterocycles. The molecule has 0 bridgehead atoms. The van der Waals surface area contributed by atoms with Crippen LogP contribution in [0, 0.1) is 0 Å². The molecule has 15 heavy (non-hydrogen) atoms. The van der Waals surface area contributed by atoms with E-state index in [0.717, 1.165) is 22.9 Å². The van der Waals surface area contributed by atoms with Crippen molar-refractivity contribution in [2.75, 3.05) is 0 Å². The van der Waals surface area contributed by atoms with Crippen LogP contribution in [0.4, 0.5) is 0 Å². The highest BCUT2D eigenvalue weighted by atomic mass is 79.9. The van der Waals surface area contributed by atoms with Crippen molar-refractivity contribution >= 4 is 27.5 Å². The van der Waals surface area contributed by atoms with Gasteiger partial charge in [0.25, 0.3) is 0 Å². The van der Waals surface area contributed by atoms with Gasteiger partial charge in [0.2, 0.25) is 0 Å². The van der Waals surface area contributed by atoms with Crippen LogP contribution in [0.3, 0.4) is 0 Å². The Labute approximate surface area is 104 Å². The third-order valence-corrected chi connectivity index (χ3v) is 3.15. The summed E-state index contributed by atoms with van der Waals surface area (Å²) in [5.41, 5.74) is 3.86. The van der Waals surface area contributed by atoms with E-state index in [1.165, 1.54) is 0 Å². The summed E-state index contributed by atoms with van der Waals surface area (Å²) < 4.78 is 1.01. The van der Waals surface area contributed by atoms with E-state index in [1.54, 1.807) is 0 Å². The van der Waals surface area contributed by atoms with E-state index in [1.807, 2.05) is 24.3 Å². The first-order chi connectivity index (χ1) is 7.19. The molecule has 1 unspecified atom stereocenters. The van der Waals surface area contributed by atoms with E-state index in [2.05, 4.69) is 27.9 Å². The van der Waals surface area contributed by atoms with E-state index in [-0.39, 0.29) is 6.04 Å². The summed E-state index contributed by atoms with van der Waals surface area (Å²) in [5.74, 6) is 5.52. The predicted octanol–water partition coefficient (Wildman–Crippen LogP) is 3.57. The number of hydrogen-bond acceptors (Lipinski definition) is 2. The lowest BCUT2D eigenvalue weighted by Gasteiger charge is -2.17. The van der Waals surface area contributed by atoms with Crippen LogP contribution in [0.5, 0.6) is 0 Å². The molecule has 0 fully saturated rings. The van der Waals surface area contributed by atoms with Gasteiger partial charge in [-0.2, -0.15) is 0 Å². The molecule has 0 heterocycles. The first-order valence-corrected chi connectivity index (χ1v) is 5.88. The number of allylic oxidation sites excluding steroid dienone is 1. The second-order valence-corrected chi connectivity index (χ2v) is 4.54. The van der Waals surface area contributed by atoms with Gasteiger partial charge in [0.05, 0.1) is 0 Å². The van der Waals surface area contributed by atoms with E-state index in [0.29, 0.717) is 5.02 Å². The quantitative estimate of drug-likeness (QED) is 0.494. The van der Waals surface area contributed by atoms with E-state index < -0.39 is 0 Å². The Bertz CT molecular complexity index is 341. The van der Waals surface area contributed by atoms with Crippen LogP contribution in [-0.2, 0) is 0 Å². The SMILES string of the molecule is C=CCCC(NN)c1cc(Cl)ccc1Br. The summed E-state index contributed by atoms with van der Waals surface area (Å²) in [6.07, 6.45) is 3.69. The van der Waals surface area contributed by atoms with Gasteiger partial charge < -0.3 is 0 Å². The molecule has 0 radical (unpaired) electrons. The van der Waals surface area contributed by atoms with Crippen LogP contribution in [-0.4, -0.2) is 0 Å². The maximum Gasteiger partial charge on any atom is 0.0474 e. The molecule has 82 valence electrons. The number of benzene rings is 1. The smallest absolute Gasteiger partial charge is 0.0474 e. The highest BCUT2D eigenvalue weighted by Crippen LogP contribution is 2.28. The van der Waals surface area contributed by atoms with Crippen LogP contribution >= 0.6 is 27.5 Å². The summed E-state index contributed by atoms with van der Waals surface area (Å²) in [6.45, 7) is 3.69. The normalized spacial score (nSPS) is 12.5. The van der Waals surface area contributed by atoms with Crippen molar-refractivity contribution in [2.45, 2.75) is 18.9 Å². The molecule has 3 N–H and O–H groups in total. The lowest BCUT2D eigenvalue weighted by Crippen LogP contribution is -2.28. The van der Waals surface area contributed by atoms with E-state index in [4.69, 9.17) is 17.4 Å². The molecule has 1 aromatic carbocycles. The minimum Gasteiger partial charge on any atom is -0.271 e. The average molecular weight is 290 g/mol. The highest BCUT2D eigenvalue weighted by Gasteiger charge is 2.12. The lowest BCUT2D eigenvalue weighted by molar-refractivity contribution is 0.519. The molecule has 0 aliphatic heterocycles. The largest absolute Gasteiger partial charge is 0.271 e. The van der Waals surface area contributed by atoms with E-state index >= 15 is 0 Å². The molecule has 2 nitrogen and oxygen atoms in total. The third-order valence-electron chi connectivity index (χ3n) is 2.19. The Hall–Kier alpha value is -0.350. The number of nitrogens with two attached hydrogens (primary N) is 1. The second-order valence-electron chi connectivity index (χ2n) is 3.25. The van der Waals surface area contributed by atoms with Crippen LogP contribution in [0.25, 0.3) is 0 Å². The van der Waals surface area contributed by atoms with Crippen molar-refractivity contribution in [3.8, 4) is 0 Å². The summed E-state index contributed by atoms with van der Waals surface area (Å²) in [5, 5.41) is 0.715. The monoisotopic (exact) mass is 288 g/mol. The van der Waals surface area contributed by atoms with Crippen molar-refractivity contribution in [3.63, 3.8) is 0 Å². The average Bonchev–Trinajstić information content (AvgIpc) is 2.24. The van der Waals surface area contributed by atoms with Gasteiger partial charge in [-0.25, -0.2) is 0 Å². The predicted molar refractivity (Wildman–Crippen MR) is 68.6 cm³/mol. The van der Waals surface area contributed by atoms with Crippen molar-refractivity contribution in [3.05, 3.63) is 45.9 Å². The Morgan fingerprint density at radius 2 is 2.33 bits per heavy atom. The summed E-state index contributed by atoms with van der Waals surface area (Å²) in [6, 6.07) is 5.78. The Balaban J connectivity index is 2.89. The standard InChI is InChI=1S/C11H14BrClN2/c1-2-3-4-11(15-14)9-7-8(13)5-6-10(9)12/h2,5-7,11,15H,1,3-4,14H2. The molecule has 0 aliphatic carbocycles. The number of rotatable bonds is 5. The minimum absolute atomic E-state index is 0.0936. The fourth-order valence-electron chi connectivity index (χ4n) is 1.39. The van der Waals surface area contributed by atoms with Crippen LogP contribution in [0.2, 0.25) is 5.02 Å². The molecule has 0 spiro atoms. The maximum atomic E-state index is 5.94. The molecule has 1 rings (SSSR count). The summed E-state index contributed by atoms with van der Waals surface area (Å²) >= 11 is 9.43. The first kappa shape index (κ1) is 12.7. The number of hydrogen-bond donors (Lipinski definition) is 2. The fraction of sp³-hybridized carbons (Fsp3) is 0.273. The van der Waals surface area contributed by atoms with Gasteiger partial charge in [0.15, 0.2) is 0 Å². The van der Waals surface area contributed by atoms with Crippen LogP contribution in [0.1, 0.15) is 24.4 Å². The van der Waals surface area contributed by atoms with Gasteiger partial charge >= 0.3 is 0 Å². The second kappa shape index (κ2) is 6.28. The summed E-state index contributed by atoms with van der Waals surface area (Å²) in [4.78, 5) is 0. The van der Waals surface area contributed by atoms with Gasteiger partial charge in [0.1, 0.15) is 0 Å². The molecular formula is C11H14BrClN2. The van der Waals surface area contributed by atoms with Crippen molar-refractivity contribution in [2.24, 2.45) is 5.84 Å². The maximum absolute atomic E-state index is 5.94. The van der Waals surface area contributed by atoms with Crippen molar-refractivity contribution < 1.29 is 0 Å². The number of nitrogens with one attached hydrogen (secondary N) is 1. The van der Waals surface area contributed by atoms with Crippen molar-refractivity contribution in [1.29, 1.82) is 0 Å². The van der Waals surface area contributed by atoms with Crippen LogP contribution in [0.15, 0.2) is 35.3 Å². The minimum atomic E-state index is 0.0936. The van der Waals surface area contributed by atoms with Gasteiger partial charge in [-0.1, -0.05) is 33.6 Å². The molecule has 0 aromatic heterocycles. The topological polar surface area (TPSA) is 38.0 Å². The Morgan fingerprint density at radius 1 is 1.60 bits per heavy atom. The van der Waals surface area contributed by atoms with Gasteiger partial charge in [0, 0.05) is 15.5 Å². The molecule has 1 atom stereocenters. The molecule has 1 aromatic rings. The number of halogens is 2. The highest BCUT2D eigenvalue weighted by molar-refractivity contribution is 9.10. The zero-order chi connectivity index (χ0) is 11.3. The third kappa shape index (κ3) is 3.61.